The number of hydrogen-bond acceptors (Lipinski definition) is 3. The van der Waals surface area contributed by atoms with Gasteiger partial charge in [0.15, 0.2) is 0 Å². The number of benzene rings is 1. The Morgan fingerprint density at radius 2 is 1.86 bits per heavy atom. The van der Waals surface area contributed by atoms with E-state index in [1.165, 1.54) is 6.92 Å². The molecule has 0 fully saturated rings. The summed E-state index contributed by atoms with van der Waals surface area (Å²) in [6.07, 6.45) is 1.44. The van der Waals surface area contributed by atoms with Crippen LogP contribution in [0, 0.1) is 0 Å². The van der Waals surface area contributed by atoms with Gasteiger partial charge >= 0.3 is 5.97 Å². The van der Waals surface area contributed by atoms with Crippen LogP contribution in [-0.2, 0) is 14.4 Å². The number of nitrogens with one attached hydrogen (secondary N) is 2. The second kappa shape index (κ2) is 8.81. The third kappa shape index (κ3) is 6.88. The monoisotopic (exact) mass is 306 g/mol. The SMILES string of the molecule is CC(=O)Nc1cccc(C(C)NC(=O)CCCCC(=O)O)c1. The Bertz CT molecular complexity index is 543. The Kier molecular flexibility index (Phi) is 7.08. The Labute approximate surface area is 129 Å². The van der Waals surface area contributed by atoms with E-state index in [1.807, 2.05) is 25.1 Å². The number of aliphatic carboxylic acids is 1. The van der Waals surface area contributed by atoms with Gasteiger partial charge in [-0.2, -0.15) is 0 Å². The summed E-state index contributed by atoms with van der Waals surface area (Å²) in [6.45, 7) is 3.30. The molecule has 2 amide bonds. The first-order chi connectivity index (χ1) is 10.4. The van der Waals surface area contributed by atoms with Gasteiger partial charge in [-0.3, -0.25) is 14.4 Å². The zero-order valence-corrected chi connectivity index (χ0v) is 12.9. The molecule has 0 saturated carbocycles. The minimum absolute atomic E-state index is 0.0849. The van der Waals surface area contributed by atoms with Crippen LogP contribution in [0.2, 0.25) is 0 Å². The summed E-state index contributed by atoms with van der Waals surface area (Å²) >= 11 is 0. The summed E-state index contributed by atoms with van der Waals surface area (Å²) in [5.74, 6) is -1.10. The van der Waals surface area contributed by atoms with E-state index in [-0.39, 0.29) is 24.3 Å². The van der Waals surface area contributed by atoms with E-state index >= 15 is 0 Å². The maximum Gasteiger partial charge on any atom is 0.303 e. The van der Waals surface area contributed by atoms with Crippen LogP contribution in [-0.4, -0.2) is 22.9 Å². The first-order valence-electron chi connectivity index (χ1n) is 7.27. The molecule has 1 rings (SSSR count). The molecule has 0 bridgehead atoms. The Morgan fingerprint density at radius 1 is 1.18 bits per heavy atom. The molecular formula is C16H22N2O4. The number of carboxylic acid groups (broad SMARTS) is 1. The molecule has 1 aromatic carbocycles. The third-order valence-corrected chi connectivity index (χ3v) is 3.13. The van der Waals surface area contributed by atoms with Crippen molar-refractivity contribution in [1.29, 1.82) is 0 Å². The molecule has 1 unspecified atom stereocenters. The van der Waals surface area contributed by atoms with Gasteiger partial charge in [0.2, 0.25) is 11.8 Å². The molecule has 0 aliphatic carbocycles. The van der Waals surface area contributed by atoms with Crippen LogP contribution in [0.5, 0.6) is 0 Å². The van der Waals surface area contributed by atoms with Crippen LogP contribution in [0.1, 0.15) is 51.1 Å². The van der Waals surface area contributed by atoms with Crippen molar-refractivity contribution in [3.63, 3.8) is 0 Å². The van der Waals surface area contributed by atoms with Crippen LogP contribution in [0.25, 0.3) is 0 Å². The second-order valence-electron chi connectivity index (χ2n) is 5.20. The first-order valence-corrected chi connectivity index (χ1v) is 7.27. The molecule has 0 aliphatic heterocycles. The Morgan fingerprint density at radius 3 is 2.50 bits per heavy atom. The summed E-state index contributed by atoms with van der Waals surface area (Å²) in [5, 5.41) is 14.1. The van der Waals surface area contributed by atoms with Crippen molar-refractivity contribution < 1.29 is 19.5 Å². The van der Waals surface area contributed by atoms with Gasteiger partial charge in [0.1, 0.15) is 0 Å². The smallest absolute Gasteiger partial charge is 0.303 e. The van der Waals surface area contributed by atoms with Gasteiger partial charge in [-0.15, -0.1) is 0 Å². The molecule has 0 radical (unpaired) electrons. The molecule has 3 N–H and O–H groups in total. The van der Waals surface area contributed by atoms with Crippen molar-refractivity contribution in [2.75, 3.05) is 5.32 Å². The average Bonchev–Trinajstić information content (AvgIpc) is 2.43. The van der Waals surface area contributed by atoms with Crippen LogP contribution < -0.4 is 10.6 Å². The fourth-order valence-corrected chi connectivity index (χ4v) is 2.05. The molecule has 120 valence electrons. The highest BCUT2D eigenvalue weighted by Crippen LogP contribution is 2.17. The van der Waals surface area contributed by atoms with Gasteiger partial charge in [-0.1, -0.05) is 12.1 Å². The highest BCUT2D eigenvalue weighted by Gasteiger charge is 2.10. The van der Waals surface area contributed by atoms with E-state index in [2.05, 4.69) is 10.6 Å². The largest absolute Gasteiger partial charge is 0.481 e. The van der Waals surface area contributed by atoms with Gasteiger partial charge in [-0.25, -0.2) is 0 Å². The maximum absolute atomic E-state index is 11.8. The lowest BCUT2D eigenvalue weighted by Crippen LogP contribution is -2.26. The first kappa shape index (κ1) is 17.7. The van der Waals surface area contributed by atoms with Crippen molar-refractivity contribution in [3.05, 3.63) is 29.8 Å². The highest BCUT2D eigenvalue weighted by atomic mass is 16.4. The summed E-state index contributed by atoms with van der Waals surface area (Å²) in [6, 6.07) is 7.11. The van der Waals surface area contributed by atoms with E-state index in [0.717, 1.165) is 5.56 Å². The standard InChI is InChI=1S/C16H22N2O4/c1-11(17-15(20)8-3-4-9-16(21)22)13-6-5-7-14(10-13)18-12(2)19/h5-7,10-11H,3-4,8-9H2,1-2H3,(H,17,20)(H,18,19)(H,21,22). The molecule has 1 aromatic rings. The van der Waals surface area contributed by atoms with Gasteiger partial charge in [-0.05, 0) is 37.5 Å². The highest BCUT2D eigenvalue weighted by molar-refractivity contribution is 5.88. The molecule has 0 aromatic heterocycles. The average molecular weight is 306 g/mol. The lowest BCUT2D eigenvalue weighted by Gasteiger charge is -2.15. The van der Waals surface area contributed by atoms with Crippen molar-refractivity contribution in [1.82, 2.24) is 5.32 Å². The zero-order valence-electron chi connectivity index (χ0n) is 12.9. The summed E-state index contributed by atoms with van der Waals surface area (Å²) in [4.78, 5) is 33.2. The molecule has 0 spiro atoms. The number of carboxylic acids is 1. The fourth-order valence-electron chi connectivity index (χ4n) is 2.05. The molecule has 0 saturated heterocycles. The van der Waals surface area contributed by atoms with Gasteiger partial charge in [0, 0.05) is 25.5 Å². The fraction of sp³-hybridized carbons (Fsp3) is 0.438. The number of anilines is 1. The number of amides is 2. The summed E-state index contributed by atoms with van der Waals surface area (Å²) < 4.78 is 0. The van der Waals surface area contributed by atoms with E-state index in [1.54, 1.807) is 6.07 Å². The zero-order chi connectivity index (χ0) is 16.5. The number of unbranched alkanes of at least 4 members (excludes halogenated alkanes) is 1. The van der Waals surface area contributed by atoms with Gasteiger partial charge in [0.25, 0.3) is 0 Å². The maximum atomic E-state index is 11.8. The number of rotatable bonds is 8. The summed E-state index contributed by atoms with van der Waals surface area (Å²) in [5.41, 5.74) is 1.58. The van der Waals surface area contributed by atoms with E-state index < -0.39 is 5.97 Å². The third-order valence-electron chi connectivity index (χ3n) is 3.13. The minimum Gasteiger partial charge on any atom is -0.481 e. The predicted octanol–water partition coefficient (Wildman–Crippen LogP) is 2.47. The van der Waals surface area contributed by atoms with Crippen molar-refractivity contribution in [2.45, 2.75) is 45.6 Å². The van der Waals surface area contributed by atoms with Crippen LogP contribution >= 0.6 is 0 Å². The minimum atomic E-state index is -0.844. The molecule has 6 nitrogen and oxygen atoms in total. The van der Waals surface area contributed by atoms with Crippen molar-refractivity contribution >= 4 is 23.5 Å². The number of carbonyl (C=O) groups is 3. The summed E-state index contributed by atoms with van der Waals surface area (Å²) in [7, 11) is 0. The molecule has 22 heavy (non-hydrogen) atoms. The van der Waals surface area contributed by atoms with E-state index in [4.69, 9.17) is 5.11 Å². The van der Waals surface area contributed by atoms with Crippen LogP contribution in [0.15, 0.2) is 24.3 Å². The molecule has 0 heterocycles. The normalized spacial score (nSPS) is 11.5. The molecule has 1 atom stereocenters. The van der Waals surface area contributed by atoms with E-state index in [0.29, 0.717) is 24.9 Å². The lowest BCUT2D eigenvalue weighted by atomic mass is 10.1. The van der Waals surface area contributed by atoms with Crippen LogP contribution in [0.3, 0.4) is 0 Å². The van der Waals surface area contributed by atoms with Gasteiger partial charge in [0.05, 0.1) is 6.04 Å². The van der Waals surface area contributed by atoms with Crippen molar-refractivity contribution in [2.24, 2.45) is 0 Å². The number of carbonyl (C=O) groups excluding carboxylic acids is 2. The molecule has 0 aliphatic rings. The quantitative estimate of drug-likeness (QED) is 0.643. The van der Waals surface area contributed by atoms with Crippen molar-refractivity contribution in [3.8, 4) is 0 Å². The van der Waals surface area contributed by atoms with Crippen LogP contribution in [0.4, 0.5) is 5.69 Å². The Hall–Kier alpha value is -2.37. The topological polar surface area (TPSA) is 95.5 Å². The molecular weight excluding hydrogens is 284 g/mol. The number of hydrogen-bond donors (Lipinski definition) is 3. The molecule has 6 heteroatoms. The van der Waals surface area contributed by atoms with Gasteiger partial charge < -0.3 is 15.7 Å². The van der Waals surface area contributed by atoms with E-state index in [9.17, 15) is 14.4 Å². The lowest BCUT2D eigenvalue weighted by molar-refractivity contribution is -0.137. The predicted molar refractivity (Wildman–Crippen MR) is 83.4 cm³/mol. The second-order valence-corrected chi connectivity index (χ2v) is 5.20. The Balaban J connectivity index is 2.46.